The Bertz CT molecular complexity index is 1390. The molecule has 0 saturated heterocycles. The summed E-state index contributed by atoms with van der Waals surface area (Å²) in [6, 6.07) is 5.92. The van der Waals surface area contributed by atoms with Crippen LogP contribution in [0.2, 0.25) is 0 Å². The van der Waals surface area contributed by atoms with Gasteiger partial charge in [0.05, 0.1) is 29.9 Å². The van der Waals surface area contributed by atoms with Crippen LogP contribution in [0.25, 0.3) is 10.9 Å². The molecule has 2 aromatic carbocycles. The number of amidine groups is 1. The summed E-state index contributed by atoms with van der Waals surface area (Å²) in [5, 5.41) is 0.0657. The summed E-state index contributed by atoms with van der Waals surface area (Å²) in [6.07, 6.45) is 5.38. The largest absolute Gasteiger partial charge is 0.342 e. The molecule has 0 spiro atoms. The van der Waals surface area contributed by atoms with Crippen LogP contribution in [0.15, 0.2) is 70.9 Å². The number of aliphatic imine (C=N–C) groups is 1. The molecule has 6 nitrogen and oxygen atoms in total. The zero-order valence-electron chi connectivity index (χ0n) is 20.7. The van der Waals surface area contributed by atoms with Crippen molar-refractivity contribution < 1.29 is 18.0 Å². The molecule has 1 heterocycles. The van der Waals surface area contributed by atoms with Crippen LogP contribution in [0.5, 0.6) is 0 Å². The Morgan fingerprint density at radius 3 is 2.56 bits per heavy atom. The molecule has 190 valence electrons. The minimum Gasteiger partial charge on any atom is -0.342 e. The van der Waals surface area contributed by atoms with E-state index in [1.807, 2.05) is 20.8 Å². The number of hydrogen-bond acceptors (Lipinski definition) is 4. The van der Waals surface area contributed by atoms with Crippen LogP contribution >= 0.6 is 0 Å². The first kappa shape index (κ1) is 26.7. The van der Waals surface area contributed by atoms with Gasteiger partial charge in [-0.25, -0.2) is 18.7 Å². The minimum absolute atomic E-state index is 0.0511. The summed E-state index contributed by atoms with van der Waals surface area (Å²) < 4.78 is 44.9. The highest BCUT2D eigenvalue weighted by molar-refractivity contribution is 6.00. The van der Waals surface area contributed by atoms with Gasteiger partial charge in [-0.3, -0.25) is 14.6 Å². The van der Waals surface area contributed by atoms with Gasteiger partial charge in [0, 0.05) is 42.7 Å². The molecule has 1 aromatic heterocycles. The molecular formula is C27H29F3N4O2. The molecule has 0 unspecified atom stereocenters. The number of hydrogen-bond donors (Lipinski definition) is 1. The Kier molecular flexibility index (Phi) is 8.71. The topological polar surface area (TPSA) is 58.9 Å². The third-order valence-corrected chi connectivity index (χ3v) is 5.33. The van der Waals surface area contributed by atoms with Crippen molar-refractivity contribution in [3.8, 4) is 0 Å². The van der Waals surface area contributed by atoms with E-state index in [0.29, 0.717) is 12.1 Å². The zero-order chi connectivity index (χ0) is 26.4. The lowest BCUT2D eigenvalue weighted by atomic mass is 10.1. The predicted molar refractivity (Wildman–Crippen MR) is 138 cm³/mol. The number of rotatable bonds is 9. The molecule has 0 amide bonds. The first-order valence-corrected chi connectivity index (χ1v) is 11.4. The van der Waals surface area contributed by atoms with E-state index < -0.39 is 22.9 Å². The number of aromatic nitrogens is 1. The average Bonchev–Trinajstić information content (AvgIpc) is 2.84. The number of benzene rings is 2. The van der Waals surface area contributed by atoms with Crippen LogP contribution in [0.3, 0.4) is 0 Å². The standard InChI is InChI=1S/C27H29F3N4O2/c1-6-10-36-32-27(31-5)21-16-34(15-18-8-9-19(28)11-22(18)29)24-13-25(33(7-2)14-17(3)4)23(30)12-20(24)26(21)35/h7-9,11-14,16H,2,6,10,15H2,1,3-5H3,(H,31,32). The van der Waals surface area contributed by atoms with Crippen LogP contribution in [-0.4, -0.2) is 24.1 Å². The number of allylic oxidation sites excluding steroid dienone is 1. The fourth-order valence-electron chi connectivity index (χ4n) is 3.67. The minimum atomic E-state index is -0.739. The molecule has 1 N–H and O–H groups in total. The summed E-state index contributed by atoms with van der Waals surface area (Å²) in [7, 11) is 1.48. The van der Waals surface area contributed by atoms with Crippen molar-refractivity contribution in [2.24, 2.45) is 4.99 Å². The van der Waals surface area contributed by atoms with Gasteiger partial charge in [-0.1, -0.05) is 25.1 Å². The summed E-state index contributed by atoms with van der Waals surface area (Å²) in [5.41, 5.74) is 3.90. The van der Waals surface area contributed by atoms with Crippen molar-refractivity contribution in [1.29, 1.82) is 0 Å². The molecule has 0 aliphatic carbocycles. The number of anilines is 1. The van der Waals surface area contributed by atoms with Gasteiger partial charge in [-0.15, -0.1) is 0 Å². The van der Waals surface area contributed by atoms with Gasteiger partial charge in [0.15, 0.2) is 11.3 Å². The lowest BCUT2D eigenvalue weighted by Crippen LogP contribution is -2.31. The fraction of sp³-hybridized carbons (Fsp3) is 0.259. The van der Waals surface area contributed by atoms with Crippen LogP contribution < -0.4 is 15.8 Å². The Morgan fingerprint density at radius 1 is 1.19 bits per heavy atom. The highest BCUT2D eigenvalue weighted by Gasteiger charge is 2.19. The van der Waals surface area contributed by atoms with Gasteiger partial charge in [0.1, 0.15) is 17.5 Å². The van der Waals surface area contributed by atoms with E-state index in [9.17, 15) is 13.6 Å². The second kappa shape index (κ2) is 11.7. The maximum Gasteiger partial charge on any atom is 0.200 e. The lowest BCUT2D eigenvalue weighted by molar-refractivity contribution is 0.0858. The van der Waals surface area contributed by atoms with Crippen molar-refractivity contribution in [3.05, 3.63) is 99.9 Å². The summed E-state index contributed by atoms with van der Waals surface area (Å²) in [6.45, 7) is 9.71. The van der Waals surface area contributed by atoms with Crippen molar-refractivity contribution in [2.75, 3.05) is 18.6 Å². The fourth-order valence-corrected chi connectivity index (χ4v) is 3.67. The molecule has 0 saturated carbocycles. The third kappa shape index (κ3) is 5.85. The second-order valence-electron chi connectivity index (χ2n) is 8.38. The molecule has 0 fully saturated rings. The Balaban J connectivity index is 2.29. The quantitative estimate of drug-likeness (QED) is 0.179. The van der Waals surface area contributed by atoms with Gasteiger partial charge in [-0.05, 0) is 38.5 Å². The highest BCUT2D eigenvalue weighted by atomic mass is 19.1. The summed E-state index contributed by atoms with van der Waals surface area (Å²) in [5.74, 6) is -1.94. The molecule has 0 aliphatic rings. The molecule has 3 aromatic rings. The van der Waals surface area contributed by atoms with Gasteiger partial charge in [0.25, 0.3) is 0 Å². The van der Waals surface area contributed by atoms with E-state index in [1.54, 1.807) is 10.8 Å². The third-order valence-electron chi connectivity index (χ3n) is 5.33. The van der Waals surface area contributed by atoms with E-state index in [2.05, 4.69) is 17.1 Å². The second-order valence-corrected chi connectivity index (χ2v) is 8.38. The zero-order valence-corrected chi connectivity index (χ0v) is 20.7. The Hall–Kier alpha value is -3.85. The molecule has 9 heteroatoms. The van der Waals surface area contributed by atoms with Crippen molar-refractivity contribution in [2.45, 2.75) is 33.7 Å². The van der Waals surface area contributed by atoms with E-state index in [1.165, 1.54) is 36.5 Å². The number of nitrogens with one attached hydrogen (secondary N) is 1. The van der Waals surface area contributed by atoms with Crippen LogP contribution in [-0.2, 0) is 11.4 Å². The van der Waals surface area contributed by atoms with Gasteiger partial charge < -0.3 is 9.47 Å². The van der Waals surface area contributed by atoms with Gasteiger partial charge in [-0.2, -0.15) is 0 Å². The van der Waals surface area contributed by atoms with Crippen molar-refractivity contribution >= 4 is 22.4 Å². The van der Waals surface area contributed by atoms with Crippen LogP contribution in [0.4, 0.5) is 18.9 Å². The molecular weight excluding hydrogens is 469 g/mol. The van der Waals surface area contributed by atoms with E-state index in [-0.39, 0.29) is 34.6 Å². The molecule has 0 atom stereocenters. The Morgan fingerprint density at radius 2 is 1.94 bits per heavy atom. The lowest BCUT2D eigenvalue weighted by Gasteiger charge is -2.20. The van der Waals surface area contributed by atoms with Crippen LogP contribution in [0, 0.1) is 17.5 Å². The van der Waals surface area contributed by atoms with E-state index >= 15 is 4.39 Å². The van der Waals surface area contributed by atoms with Crippen LogP contribution in [0.1, 0.15) is 38.3 Å². The summed E-state index contributed by atoms with van der Waals surface area (Å²) >= 11 is 0. The number of nitrogens with zero attached hydrogens (tertiary/aromatic N) is 3. The first-order chi connectivity index (χ1) is 17.2. The smallest absolute Gasteiger partial charge is 0.200 e. The Labute approximate surface area is 208 Å². The van der Waals surface area contributed by atoms with E-state index in [0.717, 1.165) is 30.2 Å². The molecule has 0 radical (unpaired) electrons. The molecule has 0 aliphatic heterocycles. The SMILES string of the molecule is C=CN(C=C(C)C)c1cc2c(cc1F)c(=O)c(C(=NC)NOCCC)cn2Cc1ccc(F)cc1F. The summed E-state index contributed by atoms with van der Waals surface area (Å²) in [4.78, 5) is 24.4. The predicted octanol–water partition coefficient (Wildman–Crippen LogP) is 5.65. The number of hydroxylamine groups is 1. The van der Waals surface area contributed by atoms with Gasteiger partial charge >= 0.3 is 0 Å². The van der Waals surface area contributed by atoms with Crippen molar-refractivity contribution in [3.63, 3.8) is 0 Å². The maximum absolute atomic E-state index is 15.3. The number of pyridine rings is 1. The van der Waals surface area contributed by atoms with Crippen molar-refractivity contribution in [1.82, 2.24) is 10.0 Å². The molecule has 36 heavy (non-hydrogen) atoms. The highest BCUT2D eigenvalue weighted by Crippen LogP contribution is 2.27. The molecule has 0 bridgehead atoms. The number of fused-ring (bicyclic) bond motifs is 1. The first-order valence-electron chi connectivity index (χ1n) is 11.4. The monoisotopic (exact) mass is 498 g/mol. The van der Waals surface area contributed by atoms with E-state index in [4.69, 9.17) is 4.84 Å². The average molecular weight is 499 g/mol. The molecule has 3 rings (SSSR count). The maximum atomic E-state index is 15.3. The number of halogens is 3. The van der Waals surface area contributed by atoms with Gasteiger partial charge in [0.2, 0.25) is 0 Å². The normalized spacial score (nSPS) is 11.5.